The summed E-state index contributed by atoms with van der Waals surface area (Å²) in [5.41, 5.74) is -0.345. The van der Waals surface area contributed by atoms with Crippen molar-refractivity contribution in [3.8, 4) is 0 Å². The van der Waals surface area contributed by atoms with Gasteiger partial charge in [-0.15, -0.1) is 0 Å². The third kappa shape index (κ3) is 5.02. The second kappa shape index (κ2) is 8.33. The zero-order valence-electron chi connectivity index (χ0n) is 10.7. The summed E-state index contributed by atoms with van der Waals surface area (Å²) in [7, 11) is 0. The predicted octanol–water partition coefficient (Wildman–Crippen LogP) is 2.03. The average molecular weight is 301 g/mol. The van der Waals surface area contributed by atoms with Crippen LogP contribution in [0, 0.1) is 20.2 Å². The fourth-order valence-electron chi connectivity index (χ4n) is 1.46. The van der Waals surface area contributed by atoms with Gasteiger partial charge in [-0.2, -0.15) is 11.8 Å². The molecule has 1 rings (SSSR count). The summed E-state index contributed by atoms with van der Waals surface area (Å²) in [5, 5.41) is 33.0. The molecule has 1 aromatic rings. The molecule has 0 radical (unpaired) electrons. The van der Waals surface area contributed by atoms with Crippen molar-refractivity contribution in [2.24, 2.45) is 0 Å². The van der Waals surface area contributed by atoms with E-state index in [1.54, 1.807) is 11.8 Å². The Hall–Kier alpha value is -1.87. The smallest absolute Gasteiger partial charge is 0.299 e. The molecular weight excluding hydrogens is 286 g/mol. The molecule has 9 heteroatoms. The van der Waals surface area contributed by atoms with Crippen LogP contribution < -0.4 is 5.32 Å². The molecule has 0 saturated carbocycles. The van der Waals surface area contributed by atoms with Gasteiger partial charge in [0, 0.05) is 25.0 Å². The van der Waals surface area contributed by atoms with Crippen molar-refractivity contribution in [2.75, 3.05) is 30.0 Å². The van der Waals surface area contributed by atoms with Gasteiger partial charge < -0.3 is 10.4 Å². The van der Waals surface area contributed by atoms with Crippen molar-refractivity contribution < 1.29 is 15.0 Å². The summed E-state index contributed by atoms with van der Waals surface area (Å²) in [6.07, 6.45) is 0.711. The second-order valence-corrected chi connectivity index (χ2v) is 5.06. The average Bonchev–Trinajstić information content (AvgIpc) is 2.42. The predicted molar refractivity (Wildman–Crippen MR) is 77.3 cm³/mol. The molecule has 0 aromatic heterocycles. The normalized spacial score (nSPS) is 10.2. The van der Waals surface area contributed by atoms with Crippen LogP contribution in [0.25, 0.3) is 0 Å². The lowest BCUT2D eigenvalue weighted by atomic mass is 10.2. The van der Waals surface area contributed by atoms with Crippen LogP contribution in [0.5, 0.6) is 0 Å². The third-order valence-electron chi connectivity index (χ3n) is 2.40. The number of aliphatic hydroxyl groups excluding tert-OH is 1. The van der Waals surface area contributed by atoms with Crippen LogP contribution in [0.1, 0.15) is 6.42 Å². The van der Waals surface area contributed by atoms with E-state index in [9.17, 15) is 20.2 Å². The number of anilines is 1. The maximum atomic E-state index is 10.9. The van der Waals surface area contributed by atoms with Crippen LogP contribution in [0.2, 0.25) is 0 Å². The number of thioether (sulfide) groups is 1. The Bertz CT molecular complexity index is 483. The molecule has 0 heterocycles. The molecule has 0 fully saturated rings. The summed E-state index contributed by atoms with van der Waals surface area (Å²) in [5.74, 6) is 1.55. The van der Waals surface area contributed by atoms with Gasteiger partial charge in [-0.1, -0.05) is 0 Å². The van der Waals surface area contributed by atoms with Crippen LogP contribution in [0.15, 0.2) is 18.2 Å². The Morgan fingerprint density at radius 2 is 1.95 bits per heavy atom. The van der Waals surface area contributed by atoms with Gasteiger partial charge in [0.25, 0.3) is 11.4 Å². The van der Waals surface area contributed by atoms with Crippen LogP contribution in [-0.2, 0) is 0 Å². The number of rotatable bonds is 9. The molecule has 0 unspecified atom stereocenters. The first-order chi connectivity index (χ1) is 9.56. The molecule has 1 aromatic carbocycles. The molecule has 110 valence electrons. The molecular formula is C11H15N3O5S. The molecule has 0 saturated heterocycles. The van der Waals surface area contributed by atoms with Crippen molar-refractivity contribution in [1.82, 2.24) is 0 Å². The minimum Gasteiger partial charge on any atom is -0.396 e. The molecule has 0 amide bonds. The lowest BCUT2D eigenvalue weighted by Gasteiger charge is -2.06. The minimum atomic E-state index is -0.665. The van der Waals surface area contributed by atoms with Gasteiger partial charge >= 0.3 is 0 Å². The Kier molecular flexibility index (Phi) is 6.74. The quantitative estimate of drug-likeness (QED) is 0.407. The topological polar surface area (TPSA) is 119 Å². The van der Waals surface area contributed by atoms with E-state index in [-0.39, 0.29) is 23.7 Å². The van der Waals surface area contributed by atoms with Gasteiger partial charge in [0.1, 0.15) is 5.69 Å². The highest BCUT2D eigenvalue weighted by Crippen LogP contribution is 2.28. The van der Waals surface area contributed by atoms with Crippen molar-refractivity contribution in [3.05, 3.63) is 38.4 Å². The van der Waals surface area contributed by atoms with Crippen LogP contribution >= 0.6 is 11.8 Å². The monoisotopic (exact) mass is 301 g/mol. The van der Waals surface area contributed by atoms with Gasteiger partial charge in [-0.3, -0.25) is 20.2 Å². The Balaban J connectivity index is 2.60. The summed E-state index contributed by atoms with van der Waals surface area (Å²) >= 11 is 1.62. The number of non-ortho nitro benzene ring substituents is 1. The minimum absolute atomic E-state index is 0.147. The maximum Gasteiger partial charge on any atom is 0.299 e. The van der Waals surface area contributed by atoms with Crippen LogP contribution in [0.4, 0.5) is 17.1 Å². The number of benzene rings is 1. The van der Waals surface area contributed by atoms with E-state index in [1.807, 2.05) is 0 Å². The van der Waals surface area contributed by atoms with E-state index in [1.165, 1.54) is 12.1 Å². The number of nitrogens with one attached hydrogen (secondary N) is 1. The molecule has 0 atom stereocenters. The molecule has 0 aliphatic heterocycles. The van der Waals surface area contributed by atoms with Crippen molar-refractivity contribution in [1.29, 1.82) is 0 Å². The molecule has 0 aliphatic carbocycles. The first-order valence-corrected chi connectivity index (χ1v) is 7.07. The molecule has 0 aliphatic rings. The van der Waals surface area contributed by atoms with Gasteiger partial charge in [0.05, 0.1) is 15.9 Å². The van der Waals surface area contributed by atoms with E-state index < -0.39 is 9.85 Å². The van der Waals surface area contributed by atoms with E-state index in [2.05, 4.69) is 5.32 Å². The zero-order valence-corrected chi connectivity index (χ0v) is 11.5. The standard InChI is InChI=1S/C11H15N3O5S/c15-5-1-6-20-7-4-12-10-3-2-9(13(16)17)8-11(10)14(18)19/h2-3,8,12,15H,1,4-7H2. The highest BCUT2D eigenvalue weighted by atomic mass is 32.2. The molecule has 0 spiro atoms. The third-order valence-corrected chi connectivity index (χ3v) is 3.47. The number of nitrogens with zero attached hydrogens (tertiary/aromatic N) is 2. The first-order valence-electron chi connectivity index (χ1n) is 5.91. The summed E-state index contributed by atoms with van der Waals surface area (Å²) in [6, 6.07) is 3.52. The Labute approximate surface area is 119 Å². The largest absolute Gasteiger partial charge is 0.396 e. The van der Waals surface area contributed by atoms with E-state index in [0.29, 0.717) is 13.0 Å². The highest BCUT2D eigenvalue weighted by Gasteiger charge is 2.18. The van der Waals surface area contributed by atoms with Gasteiger partial charge in [-0.05, 0) is 18.2 Å². The lowest BCUT2D eigenvalue weighted by Crippen LogP contribution is -2.07. The van der Waals surface area contributed by atoms with Crippen molar-refractivity contribution in [3.63, 3.8) is 0 Å². The summed E-state index contributed by atoms with van der Waals surface area (Å²) in [6.45, 7) is 0.656. The lowest BCUT2D eigenvalue weighted by molar-refractivity contribution is -0.393. The fourth-order valence-corrected chi connectivity index (χ4v) is 2.24. The van der Waals surface area contributed by atoms with Crippen LogP contribution in [0.3, 0.4) is 0 Å². The SMILES string of the molecule is O=[N+]([O-])c1ccc(NCCSCCCO)c([N+](=O)[O-])c1. The van der Waals surface area contributed by atoms with Crippen molar-refractivity contribution >= 4 is 28.8 Å². The summed E-state index contributed by atoms with van der Waals surface area (Å²) in [4.78, 5) is 20.2. The molecule has 20 heavy (non-hydrogen) atoms. The number of aliphatic hydroxyl groups is 1. The fraction of sp³-hybridized carbons (Fsp3) is 0.455. The molecule has 2 N–H and O–H groups in total. The zero-order chi connectivity index (χ0) is 15.0. The van der Waals surface area contributed by atoms with E-state index in [0.717, 1.165) is 17.6 Å². The summed E-state index contributed by atoms with van der Waals surface area (Å²) < 4.78 is 0. The number of nitro benzene ring substituents is 2. The second-order valence-electron chi connectivity index (χ2n) is 3.83. The van der Waals surface area contributed by atoms with Gasteiger partial charge in [0.2, 0.25) is 0 Å². The first kappa shape index (κ1) is 16.2. The van der Waals surface area contributed by atoms with Gasteiger partial charge in [0.15, 0.2) is 0 Å². The number of nitro groups is 2. The van der Waals surface area contributed by atoms with Crippen molar-refractivity contribution in [2.45, 2.75) is 6.42 Å². The Morgan fingerprint density at radius 3 is 2.55 bits per heavy atom. The number of hydrogen-bond acceptors (Lipinski definition) is 7. The molecule has 0 bridgehead atoms. The van der Waals surface area contributed by atoms with Gasteiger partial charge in [-0.25, -0.2) is 0 Å². The van der Waals surface area contributed by atoms with Crippen LogP contribution in [-0.4, -0.2) is 39.6 Å². The number of hydrogen-bond donors (Lipinski definition) is 2. The molecule has 8 nitrogen and oxygen atoms in total. The Morgan fingerprint density at radius 1 is 1.20 bits per heavy atom. The maximum absolute atomic E-state index is 10.9. The highest BCUT2D eigenvalue weighted by molar-refractivity contribution is 7.99. The van der Waals surface area contributed by atoms with E-state index in [4.69, 9.17) is 5.11 Å². The van der Waals surface area contributed by atoms with E-state index >= 15 is 0 Å².